The Morgan fingerprint density at radius 3 is 2.36 bits per heavy atom. The molecule has 0 unspecified atom stereocenters. The number of benzene rings is 2. The van der Waals surface area contributed by atoms with Crippen molar-refractivity contribution in [2.75, 3.05) is 5.75 Å². The molecule has 0 saturated heterocycles. The van der Waals surface area contributed by atoms with Crippen LogP contribution in [0.2, 0.25) is 10.0 Å². The predicted molar refractivity (Wildman–Crippen MR) is 98.2 cm³/mol. The van der Waals surface area contributed by atoms with Gasteiger partial charge in [-0.15, -0.1) is 5.10 Å². The van der Waals surface area contributed by atoms with Gasteiger partial charge in [0, 0.05) is 16.6 Å². The first-order valence-electron chi connectivity index (χ1n) is 7.30. The van der Waals surface area contributed by atoms with Gasteiger partial charge in [0.25, 0.3) is 0 Å². The second kappa shape index (κ2) is 8.33. The molecule has 0 saturated carbocycles. The third-order valence-electron chi connectivity index (χ3n) is 3.25. The fraction of sp³-hybridized carbons (Fsp3) is 0.125. The third kappa shape index (κ3) is 4.94. The van der Waals surface area contributed by atoms with Crippen LogP contribution in [0.1, 0.15) is 5.56 Å². The summed E-state index contributed by atoms with van der Waals surface area (Å²) in [5.41, 5.74) is 1.76. The summed E-state index contributed by atoms with van der Waals surface area (Å²) in [7, 11) is 0. The maximum Gasteiger partial charge on any atom is 0.230 e. The monoisotopic (exact) mass is 393 g/mol. The number of nitrogens with one attached hydrogen (secondary N) is 1. The van der Waals surface area contributed by atoms with E-state index in [1.54, 1.807) is 28.9 Å². The van der Waals surface area contributed by atoms with E-state index in [1.165, 1.54) is 11.8 Å². The van der Waals surface area contributed by atoms with E-state index in [0.29, 0.717) is 21.7 Å². The average molecular weight is 394 g/mol. The lowest BCUT2D eigenvalue weighted by Crippen LogP contribution is -2.24. The number of carbonyl (C=O) groups is 1. The summed E-state index contributed by atoms with van der Waals surface area (Å²) in [5, 5.41) is 16.2. The van der Waals surface area contributed by atoms with Gasteiger partial charge in [-0.2, -0.15) is 4.68 Å². The molecule has 0 atom stereocenters. The number of carbonyl (C=O) groups excluding carboxylic acids is 1. The Balaban J connectivity index is 1.55. The number of tetrazole rings is 1. The van der Waals surface area contributed by atoms with E-state index in [4.69, 9.17) is 23.2 Å². The highest BCUT2D eigenvalue weighted by atomic mass is 35.5. The molecule has 9 heteroatoms. The molecule has 3 aromatic rings. The number of hydrogen-bond acceptors (Lipinski definition) is 5. The number of hydrogen-bond donors (Lipinski definition) is 1. The van der Waals surface area contributed by atoms with E-state index in [2.05, 4.69) is 20.8 Å². The number of aromatic nitrogens is 4. The summed E-state index contributed by atoms with van der Waals surface area (Å²) in [5.74, 6) is 0.104. The Labute approximate surface area is 158 Å². The molecule has 0 bridgehead atoms. The fourth-order valence-electron chi connectivity index (χ4n) is 2.00. The van der Waals surface area contributed by atoms with Crippen molar-refractivity contribution in [1.82, 2.24) is 25.5 Å². The topological polar surface area (TPSA) is 72.7 Å². The molecule has 6 nitrogen and oxygen atoms in total. The lowest BCUT2D eigenvalue weighted by Gasteiger charge is -2.06. The Hall–Kier alpha value is -2.09. The van der Waals surface area contributed by atoms with Crippen LogP contribution in [0.3, 0.4) is 0 Å². The first-order chi connectivity index (χ1) is 12.1. The summed E-state index contributed by atoms with van der Waals surface area (Å²) in [6, 6.07) is 14.5. The van der Waals surface area contributed by atoms with E-state index >= 15 is 0 Å². The number of rotatable bonds is 6. The highest BCUT2D eigenvalue weighted by Crippen LogP contribution is 2.19. The Bertz CT molecular complexity index is 852. The number of thioether (sulfide) groups is 1. The van der Waals surface area contributed by atoms with Gasteiger partial charge >= 0.3 is 0 Å². The molecule has 1 aromatic heterocycles. The summed E-state index contributed by atoms with van der Waals surface area (Å²) in [6.45, 7) is 0.443. The van der Waals surface area contributed by atoms with Gasteiger partial charge in [0.05, 0.1) is 11.4 Å². The van der Waals surface area contributed by atoms with Gasteiger partial charge in [-0.25, -0.2) is 0 Å². The van der Waals surface area contributed by atoms with Gasteiger partial charge in [-0.3, -0.25) is 4.79 Å². The molecule has 1 N–H and O–H groups in total. The standard InChI is InChI=1S/C16H13Cl2N5OS/c17-12-3-1-11(2-4-12)9-19-15(24)10-25-16-20-21-22-23(16)14-7-5-13(18)6-8-14/h1-8H,9-10H2,(H,19,24). The summed E-state index contributed by atoms with van der Waals surface area (Å²) in [6.07, 6.45) is 0. The zero-order valence-corrected chi connectivity index (χ0v) is 15.2. The lowest BCUT2D eigenvalue weighted by molar-refractivity contribution is -0.118. The highest BCUT2D eigenvalue weighted by Gasteiger charge is 2.11. The Morgan fingerprint density at radius 1 is 1.04 bits per heavy atom. The minimum absolute atomic E-state index is 0.106. The van der Waals surface area contributed by atoms with Crippen molar-refractivity contribution in [3.8, 4) is 5.69 Å². The molecule has 1 amide bonds. The molecular formula is C16H13Cl2N5OS. The summed E-state index contributed by atoms with van der Waals surface area (Å²) >= 11 is 13.0. The van der Waals surface area contributed by atoms with Crippen molar-refractivity contribution in [2.45, 2.75) is 11.7 Å². The quantitative estimate of drug-likeness (QED) is 0.649. The molecule has 0 aliphatic rings. The average Bonchev–Trinajstić information content (AvgIpc) is 3.09. The SMILES string of the molecule is O=C(CSc1nnnn1-c1ccc(Cl)cc1)NCc1ccc(Cl)cc1. The number of halogens is 2. The van der Waals surface area contributed by atoms with Gasteiger partial charge in [-0.1, -0.05) is 47.1 Å². The summed E-state index contributed by atoms with van der Waals surface area (Å²) in [4.78, 5) is 12.0. The molecule has 0 aliphatic carbocycles. The predicted octanol–water partition coefficient (Wildman–Crippen LogP) is 3.38. The van der Waals surface area contributed by atoms with Crippen LogP contribution in [-0.4, -0.2) is 31.9 Å². The van der Waals surface area contributed by atoms with Gasteiger partial charge in [0.1, 0.15) is 0 Å². The Kier molecular flexibility index (Phi) is 5.91. The van der Waals surface area contributed by atoms with Crippen LogP contribution >= 0.6 is 35.0 Å². The molecule has 3 rings (SSSR count). The van der Waals surface area contributed by atoms with E-state index in [9.17, 15) is 4.79 Å². The second-order valence-corrected chi connectivity index (χ2v) is 6.86. The minimum Gasteiger partial charge on any atom is -0.351 e. The minimum atomic E-state index is -0.106. The van der Waals surface area contributed by atoms with Crippen LogP contribution in [0.4, 0.5) is 0 Å². The van der Waals surface area contributed by atoms with E-state index < -0.39 is 0 Å². The lowest BCUT2D eigenvalue weighted by atomic mass is 10.2. The molecular weight excluding hydrogens is 381 g/mol. The van der Waals surface area contributed by atoms with Crippen molar-refractivity contribution >= 4 is 40.9 Å². The van der Waals surface area contributed by atoms with Crippen LogP contribution in [0, 0.1) is 0 Å². The van der Waals surface area contributed by atoms with Crippen molar-refractivity contribution in [3.63, 3.8) is 0 Å². The van der Waals surface area contributed by atoms with E-state index in [-0.39, 0.29) is 11.7 Å². The second-order valence-electron chi connectivity index (χ2n) is 5.04. The van der Waals surface area contributed by atoms with Gasteiger partial charge in [0.2, 0.25) is 11.1 Å². The van der Waals surface area contributed by atoms with Crippen LogP contribution in [-0.2, 0) is 11.3 Å². The molecule has 128 valence electrons. The third-order valence-corrected chi connectivity index (χ3v) is 4.67. The molecule has 25 heavy (non-hydrogen) atoms. The van der Waals surface area contributed by atoms with E-state index in [1.807, 2.05) is 24.3 Å². The van der Waals surface area contributed by atoms with Gasteiger partial charge < -0.3 is 5.32 Å². The molecule has 0 spiro atoms. The smallest absolute Gasteiger partial charge is 0.230 e. The largest absolute Gasteiger partial charge is 0.351 e. The summed E-state index contributed by atoms with van der Waals surface area (Å²) < 4.78 is 1.56. The van der Waals surface area contributed by atoms with Crippen LogP contribution in [0.5, 0.6) is 0 Å². The van der Waals surface area contributed by atoms with E-state index in [0.717, 1.165) is 11.3 Å². The van der Waals surface area contributed by atoms with Crippen LogP contribution < -0.4 is 5.32 Å². The van der Waals surface area contributed by atoms with Crippen molar-refractivity contribution in [2.24, 2.45) is 0 Å². The zero-order valence-electron chi connectivity index (χ0n) is 12.9. The maximum absolute atomic E-state index is 12.0. The first-order valence-corrected chi connectivity index (χ1v) is 9.04. The zero-order chi connectivity index (χ0) is 17.6. The fourth-order valence-corrected chi connectivity index (χ4v) is 2.97. The van der Waals surface area contributed by atoms with Crippen molar-refractivity contribution in [3.05, 3.63) is 64.1 Å². The van der Waals surface area contributed by atoms with Crippen LogP contribution in [0.15, 0.2) is 53.7 Å². The van der Waals surface area contributed by atoms with Crippen molar-refractivity contribution in [1.29, 1.82) is 0 Å². The normalized spacial score (nSPS) is 10.6. The molecule has 0 aliphatic heterocycles. The Morgan fingerprint density at radius 2 is 1.68 bits per heavy atom. The number of amides is 1. The van der Waals surface area contributed by atoms with Gasteiger partial charge in [-0.05, 0) is 52.4 Å². The molecule has 0 fully saturated rings. The molecule has 1 heterocycles. The first kappa shape index (κ1) is 17.7. The maximum atomic E-state index is 12.0. The molecule has 2 aromatic carbocycles. The van der Waals surface area contributed by atoms with Crippen LogP contribution in [0.25, 0.3) is 5.69 Å². The molecule has 0 radical (unpaired) electrons. The number of nitrogens with zero attached hydrogens (tertiary/aromatic N) is 4. The van der Waals surface area contributed by atoms with Gasteiger partial charge in [0.15, 0.2) is 0 Å². The highest BCUT2D eigenvalue weighted by molar-refractivity contribution is 7.99. The van der Waals surface area contributed by atoms with Crippen molar-refractivity contribution < 1.29 is 4.79 Å².